The molecule has 1 aromatic rings. The van der Waals surface area contributed by atoms with Crippen molar-refractivity contribution in [3.8, 4) is 11.5 Å². The van der Waals surface area contributed by atoms with Crippen LogP contribution in [0, 0.1) is 10.1 Å². The van der Waals surface area contributed by atoms with Crippen molar-refractivity contribution in [2.45, 2.75) is 6.42 Å². The van der Waals surface area contributed by atoms with E-state index < -0.39 is 4.92 Å². The van der Waals surface area contributed by atoms with E-state index in [1.165, 1.54) is 20.3 Å². The van der Waals surface area contributed by atoms with Crippen LogP contribution in [-0.2, 0) is 6.42 Å². The van der Waals surface area contributed by atoms with Gasteiger partial charge >= 0.3 is 5.69 Å². The smallest absolute Gasteiger partial charge is 0.314 e. The van der Waals surface area contributed by atoms with Gasteiger partial charge in [0, 0.05) is 5.56 Å². The zero-order chi connectivity index (χ0) is 12.1. The summed E-state index contributed by atoms with van der Waals surface area (Å²) in [4.78, 5) is 10.4. The van der Waals surface area contributed by atoms with E-state index in [1.807, 2.05) is 0 Å². The van der Waals surface area contributed by atoms with Crippen molar-refractivity contribution in [2.24, 2.45) is 0 Å². The summed E-state index contributed by atoms with van der Waals surface area (Å²) in [7, 11) is 2.87. The van der Waals surface area contributed by atoms with Crippen molar-refractivity contribution in [2.75, 3.05) is 14.2 Å². The molecule has 0 spiro atoms. The van der Waals surface area contributed by atoms with E-state index in [0.717, 1.165) is 0 Å². The molecule has 0 aliphatic heterocycles. The van der Waals surface area contributed by atoms with Gasteiger partial charge in [0.05, 0.1) is 25.2 Å². The predicted octanol–water partition coefficient (Wildman–Crippen LogP) is 2.34. The lowest BCUT2D eigenvalue weighted by molar-refractivity contribution is -0.385. The third-order valence-corrected chi connectivity index (χ3v) is 2.12. The van der Waals surface area contributed by atoms with Crippen LogP contribution in [-0.4, -0.2) is 19.1 Å². The Hall–Kier alpha value is -2.04. The minimum atomic E-state index is -0.492. The van der Waals surface area contributed by atoms with Gasteiger partial charge in [-0.25, -0.2) is 0 Å². The molecule has 1 rings (SSSR count). The SMILES string of the molecule is C=CCc1cc(OC)cc([N+](=O)[O-])c1OC. The lowest BCUT2D eigenvalue weighted by Gasteiger charge is -2.09. The molecule has 16 heavy (non-hydrogen) atoms. The van der Waals surface area contributed by atoms with Crippen LogP contribution in [0.5, 0.6) is 11.5 Å². The van der Waals surface area contributed by atoms with Crippen LogP contribution in [0.4, 0.5) is 5.69 Å². The monoisotopic (exact) mass is 223 g/mol. The molecule has 0 aliphatic carbocycles. The van der Waals surface area contributed by atoms with Gasteiger partial charge in [0.2, 0.25) is 5.75 Å². The average Bonchev–Trinajstić information content (AvgIpc) is 2.28. The molecule has 0 heterocycles. The molecular formula is C11H13NO4. The van der Waals surface area contributed by atoms with Gasteiger partial charge in [-0.3, -0.25) is 10.1 Å². The summed E-state index contributed by atoms with van der Waals surface area (Å²) in [5.41, 5.74) is 0.585. The Morgan fingerprint density at radius 3 is 2.56 bits per heavy atom. The molecular weight excluding hydrogens is 210 g/mol. The van der Waals surface area contributed by atoms with Crippen LogP contribution in [0.15, 0.2) is 24.8 Å². The Morgan fingerprint density at radius 2 is 2.12 bits per heavy atom. The van der Waals surface area contributed by atoms with E-state index in [0.29, 0.717) is 17.7 Å². The van der Waals surface area contributed by atoms with E-state index >= 15 is 0 Å². The Kier molecular flexibility index (Phi) is 3.88. The van der Waals surface area contributed by atoms with Gasteiger partial charge in [0.1, 0.15) is 5.75 Å². The van der Waals surface area contributed by atoms with Gasteiger partial charge in [-0.2, -0.15) is 0 Å². The van der Waals surface area contributed by atoms with Crippen molar-refractivity contribution in [3.05, 3.63) is 40.5 Å². The van der Waals surface area contributed by atoms with E-state index in [1.54, 1.807) is 12.1 Å². The molecule has 0 fully saturated rings. The number of allylic oxidation sites excluding steroid dienone is 1. The second kappa shape index (κ2) is 5.16. The molecule has 0 unspecified atom stereocenters. The first-order chi connectivity index (χ1) is 7.63. The van der Waals surface area contributed by atoms with Gasteiger partial charge in [-0.05, 0) is 12.5 Å². The summed E-state index contributed by atoms with van der Waals surface area (Å²) in [5.74, 6) is 0.690. The number of nitrogens with zero attached hydrogens (tertiary/aromatic N) is 1. The minimum absolute atomic E-state index is 0.0984. The summed E-state index contributed by atoms with van der Waals surface area (Å²) in [6.07, 6.45) is 2.14. The molecule has 0 radical (unpaired) electrons. The molecule has 0 N–H and O–H groups in total. The fourth-order valence-corrected chi connectivity index (χ4v) is 1.44. The fourth-order valence-electron chi connectivity index (χ4n) is 1.44. The van der Waals surface area contributed by atoms with Gasteiger partial charge in [0.25, 0.3) is 0 Å². The first-order valence-corrected chi connectivity index (χ1v) is 4.64. The van der Waals surface area contributed by atoms with Crippen LogP contribution >= 0.6 is 0 Å². The zero-order valence-electron chi connectivity index (χ0n) is 9.23. The summed E-state index contributed by atoms with van der Waals surface area (Å²) < 4.78 is 10.0. The highest BCUT2D eigenvalue weighted by atomic mass is 16.6. The topological polar surface area (TPSA) is 61.6 Å². The normalized spacial score (nSPS) is 9.62. The average molecular weight is 223 g/mol. The van der Waals surface area contributed by atoms with Crippen molar-refractivity contribution in [3.63, 3.8) is 0 Å². The Balaban J connectivity index is 3.39. The highest BCUT2D eigenvalue weighted by Crippen LogP contribution is 2.35. The van der Waals surface area contributed by atoms with Crippen molar-refractivity contribution in [1.29, 1.82) is 0 Å². The van der Waals surface area contributed by atoms with Gasteiger partial charge < -0.3 is 9.47 Å². The van der Waals surface area contributed by atoms with Crippen LogP contribution in [0.3, 0.4) is 0 Å². The maximum Gasteiger partial charge on any atom is 0.314 e. The number of methoxy groups -OCH3 is 2. The number of ether oxygens (including phenoxy) is 2. The van der Waals surface area contributed by atoms with Gasteiger partial charge in [-0.15, -0.1) is 6.58 Å². The maximum atomic E-state index is 10.8. The van der Waals surface area contributed by atoms with Crippen LogP contribution in [0.2, 0.25) is 0 Å². The molecule has 0 aromatic heterocycles. The van der Waals surface area contributed by atoms with E-state index in [9.17, 15) is 10.1 Å². The lowest BCUT2D eigenvalue weighted by Crippen LogP contribution is -1.99. The number of rotatable bonds is 5. The number of hydrogen-bond donors (Lipinski definition) is 0. The van der Waals surface area contributed by atoms with Crippen molar-refractivity contribution >= 4 is 5.69 Å². The van der Waals surface area contributed by atoms with E-state index in [2.05, 4.69) is 6.58 Å². The maximum absolute atomic E-state index is 10.8. The molecule has 5 heteroatoms. The number of benzene rings is 1. The standard InChI is InChI=1S/C11H13NO4/c1-4-5-8-6-9(15-2)7-10(12(13)14)11(8)16-3/h4,6-7H,1,5H2,2-3H3. The predicted molar refractivity (Wildman–Crippen MR) is 60.1 cm³/mol. The molecule has 0 amide bonds. The highest BCUT2D eigenvalue weighted by Gasteiger charge is 2.20. The van der Waals surface area contributed by atoms with Gasteiger partial charge in [0.15, 0.2) is 0 Å². The van der Waals surface area contributed by atoms with Crippen molar-refractivity contribution < 1.29 is 14.4 Å². The first kappa shape index (κ1) is 12.0. The van der Waals surface area contributed by atoms with E-state index in [4.69, 9.17) is 9.47 Å². The summed E-state index contributed by atoms with van der Waals surface area (Å²) >= 11 is 0. The lowest BCUT2D eigenvalue weighted by atomic mass is 10.1. The molecule has 0 aliphatic rings. The number of hydrogen-bond acceptors (Lipinski definition) is 4. The molecule has 0 saturated carbocycles. The van der Waals surface area contributed by atoms with Crippen molar-refractivity contribution in [1.82, 2.24) is 0 Å². The number of nitro benzene ring substituents is 1. The van der Waals surface area contributed by atoms with Crippen LogP contribution in [0.25, 0.3) is 0 Å². The molecule has 0 saturated heterocycles. The van der Waals surface area contributed by atoms with E-state index in [-0.39, 0.29) is 11.4 Å². The third-order valence-electron chi connectivity index (χ3n) is 2.12. The Labute approximate surface area is 93.4 Å². The largest absolute Gasteiger partial charge is 0.496 e. The second-order valence-corrected chi connectivity index (χ2v) is 3.09. The highest BCUT2D eigenvalue weighted by molar-refractivity contribution is 5.56. The van der Waals surface area contributed by atoms with Crippen LogP contribution < -0.4 is 9.47 Å². The van der Waals surface area contributed by atoms with Gasteiger partial charge in [-0.1, -0.05) is 6.08 Å². The molecule has 5 nitrogen and oxygen atoms in total. The zero-order valence-corrected chi connectivity index (χ0v) is 9.23. The third kappa shape index (κ3) is 2.31. The molecule has 0 bridgehead atoms. The Bertz CT molecular complexity index is 415. The summed E-state index contributed by atoms with van der Waals surface area (Å²) in [5, 5.41) is 10.8. The quantitative estimate of drug-likeness (QED) is 0.436. The second-order valence-electron chi connectivity index (χ2n) is 3.09. The molecule has 86 valence electrons. The summed E-state index contributed by atoms with van der Waals surface area (Å²) in [6.45, 7) is 3.60. The Morgan fingerprint density at radius 1 is 1.44 bits per heavy atom. The number of nitro groups is 1. The molecule has 0 atom stereocenters. The minimum Gasteiger partial charge on any atom is -0.496 e. The van der Waals surface area contributed by atoms with Crippen LogP contribution in [0.1, 0.15) is 5.56 Å². The summed E-state index contributed by atoms with van der Waals surface area (Å²) in [6, 6.07) is 3.04. The fraction of sp³-hybridized carbons (Fsp3) is 0.273. The molecule has 1 aromatic carbocycles. The first-order valence-electron chi connectivity index (χ1n) is 4.64.